The van der Waals surface area contributed by atoms with Crippen LogP contribution in [0.1, 0.15) is 158 Å². The predicted octanol–water partition coefficient (Wildman–Crippen LogP) is 24.0. The Morgan fingerprint density at radius 1 is 0.194 bits per heavy atom. The molecular weight excluding hydrogens is 1800 g/mol. The van der Waals surface area contributed by atoms with Crippen LogP contribution in [0.4, 0.5) is 17.1 Å². The summed E-state index contributed by atoms with van der Waals surface area (Å²) in [5.74, 6) is -6.02. The first-order chi connectivity index (χ1) is 70.2. The van der Waals surface area contributed by atoms with Crippen LogP contribution in [0.25, 0.3) is 163 Å². The first-order valence-corrected chi connectivity index (χ1v) is 48.3. The van der Waals surface area contributed by atoms with Crippen LogP contribution in [0.2, 0.25) is 0 Å². The van der Waals surface area contributed by atoms with E-state index in [1.807, 2.05) is 207 Å². The van der Waals surface area contributed by atoms with E-state index in [4.69, 9.17) is 14.2 Å². The Morgan fingerprint density at radius 3 is 0.521 bits per heavy atom. The average molecular weight is 1880 g/mol. The van der Waals surface area contributed by atoms with E-state index in [1.54, 1.807) is 130 Å². The van der Waals surface area contributed by atoms with Gasteiger partial charge in [-0.3, -0.25) is 72.2 Å². The zero-order valence-electron chi connectivity index (χ0n) is 77.9. The number of amides is 12. The number of ether oxygens (including phenoxy) is 3. The summed E-state index contributed by atoms with van der Waals surface area (Å²) in [6, 6.07) is 92.2. The van der Waals surface area contributed by atoms with Crippen molar-refractivity contribution in [3.8, 4) is 33.4 Å². The second-order valence-electron chi connectivity index (χ2n) is 38.9. The molecule has 0 saturated carbocycles. The predicted molar refractivity (Wildman–Crippen MR) is 557 cm³/mol. The summed E-state index contributed by atoms with van der Waals surface area (Å²) < 4.78 is 20.3. The molecule has 3 unspecified atom stereocenters. The molecule has 6 aliphatic rings. The molecule has 144 heavy (non-hydrogen) atoms. The number of nitrogens with zero attached hydrogens (tertiary/aromatic N) is 6. The molecule has 6 heterocycles. The number of imide groups is 6. The smallest absolute Gasteiger partial charge is 0.265 e. The van der Waals surface area contributed by atoms with Crippen molar-refractivity contribution >= 4 is 217 Å². The van der Waals surface area contributed by atoms with Gasteiger partial charge < -0.3 is 14.2 Å². The third kappa shape index (κ3) is 12.0. The minimum absolute atomic E-state index is 0.0939. The third-order valence-corrected chi connectivity index (χ3v) is 31.1. The van der Waals surface area contributed by atoms with Gasteiger partial charge in [0.25, 0.3) is 70.9 Å². The zero-order valence-corrected chi connectivity index (χ0v) is 77.9. The summed E-state index contributed by atoms with van der Waals surface area (Å²) in [7, 11) is 0. The van der Waals surface area contributed by atoms with Crippen LogP contribution in [0, 0.1) is 5.41 Å². The number of hydrogen-bond donors (Lipinski definition) is 0. The summed E-state index contributed by atoms with van der Waals surface area (Å²) in [5.41, 5.74) is 9.98. The molecule has 0 radical (unpaired) electrons. The lowest BCUT2D eigenvalue weighted by Crippen LogP contribution is -2.49. The molecule has 0 bridgehead atoms. The molecule has 692 valence electrons. The number of carbonyl (C=O) groups is 12. The maximum atomic E-state index is 15.4. The third-order valence-electron chi connectivity index (χ3n) is 31.1. The fourth-order valence-corrected chi connectivity index (χ4v) is 24.1. The highest BCUT2D eigenvalue weighted by Gasteiger charge is 2.46. The molecule has 12 amide bonds. The topological polar surface area (TPSA) is 252 Å². The maximum Gasteiger partial charge on any atom is 0.265 e. The molecule has 21 aromatic carbocycles. The monoisotopic (exact) mass is 1880 g/mol. The normalized spacial score (nSPS) is 15.8. The van der Waals surface area contributed by atoms with Crippen LogP contribution in [0.5, 0.6) is 0 Å². The number of benzene rings is 21. The minimum atomic E-state index is -1.08. The first-order valence-electron chi connectivity index (χ1n) is 48.3. The Morgan fingerprint density at radius 2 is 0.354 bits per heavy atom. The highest BCUT2D eigenvalue weighted by molar-refractivity contribution is 6.48. The van der Waals surface area contributed by atoms with Crippen molar-refractivity contribution in [1.29, 1.82) is 0 Å². The average Bonchev–Trinajstić information content (AvgIpc) is 0.693. The van der Waals surface area contributed by atoms with Gasteiger partial charge in [-0.25, -0.2) is 14.7 Å². The molecule has 0 spiro atoms. The standard InChI is InChI=1S/C123H80N6O15/c1-5-123(60-142-57-63(2)124-111(130)87-45-33-75-81-39-51-93-108-94(52-40-82(102(81)108)76-34-46-88(112(124)131)105(87)99(75)76)118(137)127(117(93)136)72-27-21-69(22-28-72)66-15-9-6-10-16-66,61-143-58-64(3)125-113(132)89-47-35-77-83-41-53-95-109-96(54-42-84(103(83)109)78-36-48-90(114(125)133)106(89)100(77)78)120(139)128(119(95)138)73-29-23-70(24-30-73)67-17-11-7-12-18-67)62-144-59-65(4)126-115(134)91-49-37-79-85-43-55-97-110-98(56-44-86(104(85)110)80-38-50-92(116(126)135)107(91)101(79)80)122(141)129(121(97)140)74-31-25-71(26-32-74)68-19-13-8-14-20-68/h6-56,63-65H,5,57-62H2,1-4H3. The Bertz CT molecular complexity index is 8240. The largest absolute Gasteiger partial charge is 0.379 e. The maximum absolute atomic E-state index is 15.4. The van der Waals surface area contributed by atoms with E-state index in [0.29, 0.717) is 155 Å². The van der Waals surface area contributed by atoms with Crippen LogP contribution >= 0.6 is 0 Å². The van der Waals surface area contributed by atoms with E-state index in [0.717, 1.165) is 98.0 Å². The zero-order chi connectivity index (χ0) is 97.7. The van der Waals surface area contributed by atoms with Crippen LogP contribution < -0.4 is 14.7 Å². The van der Waals surface area contributed by atoms with Crippen LogP contribution in [0.15, 0.2) is 309 Å². The van der Waals surface area contributed by atoms with Gasteiger partial charge in [0, 0.05) is 104 Å². The molecule has 21 heteroatoms. The molecule has 21 aromatic rings. The van der Waals surface area contributed by atoms with Gasteiger partial charge in [0.05, 0.1) is 74.8 Å². The van der Waals surface area contributed by atoms with E-state index in [1.165, 1.54) is 29.4 Å². The van der Waals surface area contributed by atoms with E-state index in [-0.39, 0.29) is 39.6 Å². The van der Waals surface area contributed by atoms with Gasteiger partial charge in [0.15, 0.2) is 0 Å². The summed E-state index contributed by atoms with van der Waals surface area (Å²) in [4.78, 5) is 188. The van der Waals surface area contributed by atoms with Gasteiger partial charge in [0.1, 0.15) is 0 Å². The van der Waals surface area contributed by atoms with Crippen molar-refractivity contribution in [2.45, 2.75) is 52.2 Å². The lowest BCUT2D eigenvalue weighted by Gasteiger charge is -2.37. The molecule has 3 atom stereocenters. The van der Waals surface area contributed by atoms with E-state index in [2.05, 4.69) is 0 Å². The lowest BCUT2D eigenvalue weighted by molar-refractivity contribution is -0.0841. The first kappa shape index (κ1) is 85.4. The van der Waals surface area contributed by atoms with Gasteiger partial charge in [-0.1, -0.05) is 207 Å². The quantitative estimate of drug-likeness (QED) is 0.0347. The molecule has 0 fully saturated rings. The number of rotatable bonds is 22. The Kier molecular flexibility index (Phi) is 18.8. The summed E-state index contributed by atoms with van der Waals surface area (Å²) in [5, 5.41) is 16.0. The number of carbonyl (C=O) groups excluding carboxylic acids is 12. The number of hydrogen-bond acceptors (Lipinski definition) is 15. The van der Waals surface area contributed by atoms with Crippen molar-refractivity contribution in [3.05, 3.63) is 376 Å². The fourth-order valence-electron chi connectivity index (χ4n) is 24.1. The van der Waals surface area contributed by atoms with Crippen molar-refractivity contribution in [1.82, 2.24) is 14.7 Å². The van der Waals surface area contributed by atoms with Crippen LogP contribution in [0.3, 0.4) is 0 Å². The summed E-state index contributed by atoms with van der Waals surface area (Å²) in [6.45, 7) is 6.37. The SMILES string of the molecule is CCC(COCC(C)N1C(=O)c2ccc3c4ccc5c6c(ccc(c7ccc(c2c37)C1=O)c64)C(=O)N(c1ccc(-c2ccccc2)cc1)C5=O)(COCC(C)N1C(=O)c2ccc3c4ccc5c6c(ccc(c7ccc(c2c37)C1=O)c64)C(=O)N(c1ccc(-c2ccccc2)cc1)C5=O)COCC(C)N1C(=O)c2ccc3c4ccc5c6c(ccc(c7ccc(c2c37)C1=O)c64)C(=O)N(c1ccc(-c2ccccc2)cc1)C5=O. The molecule has 0 saturated heterocycles. The highest BCUT2D eigenvalue weighted by Crippen LogP contribution is 2.53. The van der Waals surface area contributed by atoms with Gasteiger partial charge in [0.2, 0.25) is 0 Å². The second-order valence-corrected chi connectivity index (χ2v) is 38.9. The fraction of sp³-hybridized carbons (Fsp3) is 0.122. The van der Waals surface area contributed by atoms with E-state index in [9.17, 15) is 28.8 Å². The summed E-state index contributed by atoms with van der Waals surface area (Å²) in [6.07, 6.45) is 0.326. The molecule has 21 nitrogen and oxygen atoms in total. The van der Waals surface area contributed by atoms with Crippen molar-refractivity contribution in [3.63, 3.8) is 0 Å². The van der Waals surface area contributed by atoms with E-state index >= 15 is 28.8 Å². The van der Waals surface area contributed by atoms with Gasteiger partial charge in [-0.05, 0) is 267 Å². The Balaban J connectivity index is 0.469. The van der Waals surface area contributed by atoms with Gasteiger partial charge in [-0.15, -0.1) is 0 Å². The molecular formula is C123H80N6O15. The van der Waals surface area contributed by atoms with E-state index < -0.39 is 94.4 Å². The van der Waals surface area contributed by atoms with Crippen molar-refractivity contribution < 1.29 is 71.7 Å². The van der Waals surface area contributed by atoms with Crippen molar-refractivity contribution in [2.24, 2.45) is 5.41 Å². The van der Waals surface area contributed by atoms with Gasteiger partial charge >= 0.3 is 0 Å². The molecule has 27 rings (SSSR count). The van der Waals surface area contributed by atoms with Crippen LogP contribution in [-0.2, 0) is 14.2 Å². The van der Waals surface area contributed by atoms with Crippen LogP contribution in [-0.4, -0.2) is 143 Å². The Hall–Kier alpha value is -17.8. The highest BCUT2D eigenvalue weighted by atomic mass is 16.5. The molecule has 0 aromatic heterocycles. The number of fused-ring (bicyclic) bond motifs is 6. The lowest BCUT2D eigenvalue weighted by atomic mass is 9.82. The van der Waals surface area contributed by atoms with Gasteiger partial charge in [-0.2, -0.15) is 0 Å². The minimum Gasteiger partial charge on any atom is -0.379 e. The molecule has 0 N–H and O–H groups in total. The Labute approximate surface area is 820 Å². The number of anilines is 3. The molecule has 0 aliphatic carbocycles. The molecule has 6 aliphatic heterocycles. The second kappa shape index (κ2) is 31.6. The summed E-state index contributed by atoms with van der Waals surface area (Å²) >= 11 is 0. The van der Waals surface area contributed by atoms with Crippen molar-refractivity contribution in [2.75, 3.05) is 54.3 Å².